The van der Waals surface area contributed by atoms with Crippen LogP contribution in [0.3, 0.4) is 0 Å². The summed E-state index contributed by atoms with van der Waals surface area (Å²) >= 11 is 0. The summed E-state index contributed by atoms with van der Waals surface area (Å²) in [5, 5.41) is 8.89. The van der Waals surface area contributed by atoms with Crippen molar-refractivity contribution in [2.24, 2.45) is 17.8 Å². The van der Waals surface area contributed by atoms with E-state index in [1.807, 2.05) is 31.2 Å². The van der Waals surface area contributed by atoms with Crippen molar-refractivity contribution in [2.75, 3.05) is 0 Å². The number of rotatable bonds is 3. The van der Waals surface area contributed by atoms with Gasteiger partial charge in [0.15, 0.2) is 0 Å². The molecule has 2 amide bonds. The number of likely N-dealkylation sites (tertiary alicyclic amines) is 1. The highest BCUT2D eigenvalue weighted by atomic mass is 16.4. The Labute approximate surface area is 109 Å². The van der Waals surface area contributed by atoms with Gasteiger partial charge in [-0.1, -0.05) is 24.3 Å². The minimum atomic E-state index is -1.05. The molecule has 2 unspecified atom stereocenters. The normalized spacial score (nSPS) is 28.5. The highest BCUT2D eigenvalue weighted by Gasteiger charge is 2.70. The molecule has 2 fully saturated rings. The van der Waals surface area contributed by atoms with Crippen molar-refractivity contribution in [3.05, 3.63) is 35.4 Å². The number of fused-ring (bicyclic) bond motifs is 1. The molecule has 0 aromatic heterocycles. The van der Waals surface area contributed by atoms with Crippen molar-refractivity contribution in [2.45, 2.75) is 13.5 Å². The van der Waals surface area contributed by atoms with Crippen molar-refractivity contribution in [1.29, 1.82) is 0 Å². The van der Waals surface area contributed by atoms with Crippen LogP contribution in [0, 0.1) is 24.7 Å². The van der Waals surface area contributed by atoms with Crippen LogP contribution in [0.2, 0.25) is 0 Å². The van der Waals surface area contributed by atoms with Gasteiger partial charge in [-0.15, -0.1) is 0 Å². The molecule has 1 N–H and O–H groups in total. The van der Waals surface area contributed by atoms with Crippen molar-refractivity contribution in [3.8, 4) is 0 Å². The fourth-order valence-corrected chi connectivity index (χ4v) is 2.81. The van der Waals surface area contributed by atoms with Crippen LogP contribution in [-0.2, 0) is 20.9 Å². The molecule has 2 atom stereocenters. The van der Waals surface area contributed by atoms with Crippen LogP contribution in [0.4, 0.5) is 0 Å². The summed E-state index contributed by atoms with van der Waals surface area (Å²) < 4.78 is 0. The summed E-state index contributed by atoms with van der Waals surface area (Å²) in [5.74, 6) is -3.79. The molecule has 0 spiro atoms. The van der Waals surface area contributed by atoms with Gasteiger partial charge in [0.2, 0.25) is 11.8 Å². The largest absolute Gasteiger partial charge is 0.481 e. The van der Waals surface area contributed by atoms with Gasteiger partial charge in [-0.2, -0.15) is 0 Å². The average Bonchev–Trinajstić information content (AvgIpc) is 3.06. The Hall–Kier alpha value is -2.17. The first kappa shape index (κ1) is 11.9. The van der Waals surface area contributed by atoms with Gasteiger partial charge in [-0.25, -0.2) is 0 Å². The summed E-state index contributed by atoms with van der Waals surface area (Å²) in [7, 11) is 0. The first-order chi connectivity index (χ1) is 9.02. The van der Waals surface area contributed by atoms with E-state index < -0.39 is 23.7 Å². The predicted octanol–water partition coefficient (Wildman–Crippen LogP) is 0.811. The Morgan fingerprint density at radius 3 is 2.32 bits per heavy atom. The van der Waals surface area contributed by atoms with E-state index in [0.29, 0.717) is 0 Å². The Bertz CT molecular complexity index is 573. The summed E-state index contributed by atoms with van der Waals surface area (Å²) in [6.07, 6.45) is 0. The molecule has 1 saturated carbocycles. The molecule has 98 valence electrons. The van der Waals surface area contributed by atoms with Crippen LogP contribution in [0.1, 0.15) is 11.1 Å². The summed E-state index contributed by atoms with van der Waals surface area (Å²) in [4.78, 5) is 36.1. The van der Waals surface area contributed by atoms with Gasteiger partial charge in [-0.3, -0.25) is 19.3 Å². The minimum Gasteiger partial charge on any atom is -0.481 e. The molecule has 5 nitrogen and oxygen atoms in total. The topological polar surface area (TPSA) is 74.7 Å². The summed E-state index contributed by atoms with van der Waals surface area (Å²) in [6, 6.07) is 7.54. The van der Waals surface area contributed by atoms with Gasteiger partial charge in [0.05, 0.1) is 24.3 Å². The number of benzene rings is 1. The Balaban J connectivity index is 1.79. The third kappa shape index (κ3) is 1.65. The zero-order valence-electron chi connectivity index (χ0n) is 10.4. The number of carbonyl (C=O) groups excluding carboxylic acids is 2. The molecule has 1 aliphatic heterocycles. The number of amides is 2. The lowest BCUT2D eigenvalue weighted by Crippen LogP contribution is -2.35. The Morgan fingerprint density at radius 1 is 1.21 bits per heavy atom. The van der Waals surface area contributed by atoms with Crippen molar-refractivity contribution in [3.63, 3.8) is 0 Å². The monoisotopic (exact) mass is 259 g/mol. The lowest BCUT2D eigenvalue weighted by molar-refractivity contribution is -0.149. The maximum atomic E-state index is 12.0. The van der Waals surface area contributed by atoms with Crippen LogP contribution in [-0.4, -0.2) is 27.8 Å². The zero-order chi connectivity index (χ0) is 13.7. The molecule has 1 aromatic rings. The SMILES string of the molecule is Cc1ccccc1CN1C(=O)C2C(C(=O)O)C2C1=O. The number of carbonyl (C=O) groups is 3. The first-order valence-corrected chi connectivity index (χ1v) is 6.15. The predicted molar refractivity (Wildman–Crippen MR) is 64.8 cm³/mol. The molecular weight excluding hydrogens is 246 g/mol. The summed E-state index contributed by atoms with van der Waals surface area (Å²) in [5.41, 5.74) is 1.93. The second-order valence-corrected chi connectivity index (χ2v) is 5.10. The lowest BCUT2D eigenvalue weighted by atomic mass is 10.1. The number of piperidine rings is 1. The van der Waals surface area contributed by atoms with Gasteiger partial charge >= 0.3 is 5.97 Å². The molecule has 1 aromatic carbocycles. The van der Waals surface area contributed by atoms with Crippen molar-refractivity contribution >= 4 is 17.8 Å². The number of hydrogen-bond acceptors (Lipinski definition) is 3. The number of imide groups is 1. The number of nitrogens with zero attached hydrogens (tertiary/aromatic N) is 1. The van der Waals surface area contributed by atoms with Crippen LogP contribution in [0.25, 0.3) is 0 Å². The summed E-state index contributed by atoms with van der Waals surface area (Å²) in [6.45, 7) is 2.16. The van der Waals surface area contributed by atoms with Gasteiger partial charge in [0.25, 0.3) is 0 Å². The molecular formula is C14H13NO4. The van der Waals surface area contributed by atoms with Crippen molar-refractivity contribution in [1.82, 2.24) is 4.90 Å². The quantitative estimate of drug-likeness (QED) is 0.815. The van der Waals surface area contributed by atoms with E-state index in [1.165, 1.54) is 4.90 Å². The number of hydrogen-bond donors (Lipinski definition) is 1. The van der Waals surface area contributed by atoms with E-state index in [2.05, 4.69) is 0 Å². The van der Waals surface area contributed by atoms with Crippen LogP contribution >= 0.6 is 0 Å². The van der Waals surface area contributed by atoms with E-state index in [9.17, 15) is 14.4 Å². The molecule has 0 radical (unpaired) electrons. The first-order valence-electron chi connectivity index (χ1n) is 6.15. The van der Waals surface area contributed by atoms with Crippen LogP contribution in [0.15, 0.2) is 24.3 Å². The van der Waals surface area contributed by atoms with E-state index in [1.54, 1.807) is 0 Å². The Morgan fingerprint density at radius 2 is 1.79 bits per heavy atom. The average molecular weight is 259 g/mol. The molecule has 1 heterocycles. The van der Waals surface area contributed by atoms with E-state index in [0.717, 1.165) is 11.1 Å². The smallest absolute Gasteiger partial charge is 0.308 e. The zero-order valence-corrected chi connectivity index (χ0v) is 10.4. The third-order valence-corrected chi connectivity index (χ3v) is 4.00. The second-order valence-electron chi connectivity index (χ2n) is 5.10. The van der Waals surface area contributed by atoms with Gasteiger partial charge < -0.3 is 5.11 Å². The van der Waals surface area contributed by atoms with Gasteiger partial charge in [-0.05, 0) is 18.1 Å². The number of carboxylic acid groups (broad SMARTS) is 1. The van der Waals surface area contributed by atoms with E-state index in [-0.39, 0.29) is 18.4 Å². The second kappa shape index (κ2) is 3.91. The van der Waals surface area contributed by atoms with Crippen LogP contribution in [0.5, 0.6) is 0 Å². The van der Waals surface area contributed by atoms with Gasteiger partial charge in [0, 0.05) is 0 Å². The molecule has 3 rings (SSSR count). The molecule has 5 heteroatoms. The number of carboxylic acids is 1. The van der Waals surface area contributed by atoms with Crippen LogP contribution < -0.4 is 0 Å². The molecule has 0 bridgehead atoms. The highest BCUT2D eigenvalue weighted by Crippen LogP contribution is 2.53. The molecule has 1 aliphatic carbocycles. The molecule has 2 aliphatic rings. The molecule has 1 saturated heterocycles. The fourth-order valence-electron chi connectivity index (χ4n) is 2.81. The van der Waals surface area contributed by atoms with E-state index in [4.69, 9.17) is 5.11 Å². The maximum Gasteiger partial charge on any atom is 0.308 e. The lowest BCUT2D eigenvalue weighted by Gasteiger charge is -2.18. The van der Waals surface area contributed by atoms with Gasteiger partial charge in [0.1, 0.15) is 0 Å². The third-order valence-electron chi connectivity index (χ3n) is 4.00. The maximum absolute atomic E-state index is 12.0. The number of aryl methyl sites for hydroxylation is 1. The number of aliphatic carboxylic acids is 1. The van der Waals surface area contributed by atoms with Crippen molar-refractivity contribution < 1.29 is 19.5 Å². The van der Waals surface area contributed by atoms with E-state index >= 15 is 0 Å². The molecule has 19 heavy (non-hydrogen) atoms. The Kier molecular flexibility index (Phi) is 2.45. The fraction of sp³-hybridized carbons (Fsp3) is 0.357. The standard InChI is InChI=1S/C14H13NO4/c1-7-4-2-3-5-8(7)6-15-12(16)9-10(13(15)17)11(9)14(18)19/h2-5,9-11H,6H2,1H3,(H,18,19). The minimum absolute atomic E-state index is 0.240. The highest BCUT2D eigenvalue weighted by molar-refractivity contribution is 6.13.